The number of hydroxylamine groups is 2. The van der Waals surface area contributed by atoms with Gasteiger partial charge in [0.15, 0.2) is 0 Å². The summed E-state index contributed by atoms with van der Waals surface area (Å²) in [6.45, 7) is 6.64. The van der Waals surface area contributed by atoms with Crippen molar-refractivity contribution >= 4 is 12.1 Å². The van der Waals surface area contributed by atoms with Gasteiger partial charge in [0.1, 0.15) is 6.10 Å². The lowest BCUT2D eigenvalue weighted by atomic mass is 10.3. The summed E-state index contributed by atoms with van der Waals surface area (Å²) in [7, 11) is 0. The molecule has 0 radical (unpaired) electrons. The molecule has 0 spiro atoms. The highest BCUT2D eigenvalue weighted by atomic mass is 16.7. The number of unbranched alkanes of at least 4 members (excludes halogenated alkanes) is 2. The summed E-state index contributed by atoms with van der Waals surface area (Å²) in [5.74, 6) is 0. The summed E-state index contributed by atoms with van der Waals surface area (Å²) in [5.41, 5.74) is 0. The molecule has 0 saturated carbocycles. The van der Waals surface area contributed by atoms with E-state index in [1.807, 2.05) is 13.8 Å². The molecule has 1 aliphatic heterocycles. The number of carbonyl (C=O) groups is 2. The van der Waals surface area contributed by atoms with E-state index in [1.54, 1.807) is 0 Å². The van der Waals surface area contributed by atoms with Crippen molar-refractivity contribution in [3.63, 3.8) is 0 Å². The van der Waals surface area contributed by atoms with Crippen LogP contribution in [-0.2, 0) is 14.3 Å². The lowest BCUT2D eigenvalue weighted by Crippen LogP contribution is -2.49. The minimum absolute atomic E-state index is 0.138. The van der Waals surface area contributed by atoms with E-state index in [4.69, 9.17) is 14.3 Å². The van der Waals surface area contributed by atoms with E-state index in [9.17, 15) is 9.59 Å². The van der Waals surface area contributed by atoms with Crippen LogP contribution in [0.25, 0.3) is 0 Å². The Kier molecular flexibility index (Phi) is 10.1. The van der Waals surface area contributed by atoms with Crippen molar-refractivity contribution in [1.29, 1.82) is 0 Å². The van der Waals surface area contributed by atoms with Crippen LogP contribution in [0.15, 0.2) is 0 Å². The molecule has 1 unspecified atom stereocenters. The molecular formula is C15H29N3O5. The van der Waals surface area contributed by atoms with Crippen LogP contribution in [0, 0.1) is 0 Å². The second-order valence-electron chi connectivity index (χ2n) is 5.37. The van der Waals surface area contributed by atoms with Gasteiger partial charge < -0.3 is 24.9 Å². The zero-order chi connectivity index (χ0) is 16.9. The highest BCUT2D eigenvalue weighted by Gasteiger charge is 2.25. The van der Waals surface area contributed by atoms with Crippen LogP contribution in [0.2, 0.25) is 0 Å². The zero-order valence-corrected chi connectivity index (χ0v) is 14.1. The second-order valence-corrected chi connectivity index (χ2v) is 5.37. The van der Waals surface area contributed by atoms with Crippen molar-refractivity contribution in [2.24, 2.45) is 0 Å². The summed E-state index contributed by atoms with van der Waals surface area (Å²) in [6, 6.07) is -0.446. The summed E-state index contributed by atoms with van der Waals surface area (Å²) >= 11 is 0. The van der Waals surface area contributed by atoms with E-state index in [1.165, 1.54) is 0 Å². The van der Waals surface area contributed by atoms with Crippen LogP contribution >= 0.6 is 0 Å². The molecule has 1 fully saturated rings. The Morgan fingerprint density at radius 1 is 1.13 bits per heavy atom. The number of hydrogen-bond acceptors (Lipinski definition) is 5. The first-order valence-corrected chi connectivity index (χ1v) is 8.37. The number of urea groups is 1. The third kappa shape index (κ3) is 8.61. The number of ether oxygens (including phenoxy) is 2. The highest BCUT2D eigenvalue weighted by Crippen LogP contribution is 2.05. The summed E-state index contributed by atoms with van der Waals surface area (Å²) < 4.78 is 10.8. The van der Waals surface area contributed by atoms with E-state index in [2.05, 4.69) is 10.6 Å². The Bertz CT molecular complexity index is 348. The molecule has 1 aliphatic rings. The average Bonchev–Trinajstić information content (AvgIpc) is 2.55. The fourth-order valence-electron chi connectivity index (χ4n) is 1.95. The quantitative estimate of drug-likeness (QED) is 0.521. The Morgan fingerprint density at radius 2 is 1.83 bits per heavy atom. The molecule has 1 saturated heterocycles. The van der Waals surface area contributed by atoms with Crippen LogP contribution in [0.4, 0.5) is 9.59 Å². The van der Waals surface area contributed by atoms with Gasteiger partial charge in [0.25, 0.3) is 0 Å². The van der Waals surface area contributed by atoms with Gasteiger partial charge in [0, 0.05) is 13.1 Å². The molecule has 134 valence electrons. The fraction of sp³-hybridized carbons (Fsp3) is 0.867. The van der Waals surface area contributed by atoms with E-state index in [0.29, 0.717) is 32.9 Å². The van der Waals surface area contributed by atoms with Gasteiger partial charge in [-0.2, -0.15) is 0 Å². The van der Waals surface area contributed by atoms with Gasteiger partial charge in [-0.3, -0.25) is 0 Å². The van der Waals surface area contributed by atoms with Gasteiger partial charge in [0.05, 0.1) is 26.4 Å². The van der Waals surface area contributed by atoms with Gasteiger partial charge in [-0.1, -0.05) is 26.7 Å². The predicted octanol–water partition coefficient (Wildman–Crippen LogP) is 1.65. The number of nitrogens with zero attached hydrogens (tertiary/aromatic N) is 1. The maximum Gasteiger partial charge on any atom is 0.431 e. The molecule has 1 rings (SSSR count). The summed E-state index contributed by atoms with van der Waals surface area (Å²) in [4.78, 5) is 29.1. The number of carbonyl (C=O) groups excluding carboxylic acids is 2. The van der Waals surface area contributed by atoms with Crippen LogP contribution in [0.3, 0.4) is 0 Å². The normalized spacial score (nSPS) is 17.4. The third-order valence-corrected chi connectivity index (χ3v) is 3.28. The summed E-state index contributed by atoms with van der Waals surface area (Å²) in [6.07, 6.45) is 2.72. The molecule has 3 amide bonds. The number of rotatable bonds is 8. The van der Waals surface area contributed by atoms with Crippen molar-refractivity contribution < 1.29 is 23.9 Å². The largest absolute Gasteiger partial charge is 0.431 e. The molecule has 0 aromatic heterocycles. The van der Waals surface area contributed by atoms with Gasteiger partial charge in [-0.05, 0) is 12.8 Å². The van der Waals surface area contributed by atoms with Crippen LogP contribution < -0.4 is 10.6 Å². The van der Waals surface area contributed by atoms with E-state index < -0.39 is 12.1 Å². The number of nitrogens with one attached hydrogen (secondary N) is 2. The molecule has 2 N–H and O–H groups in total. The first-order valence-electron chi connectivity index (χ1n) is 8.37. The topological polar surface area (TPSA) is 89.1 Å². The zero-order valence-electron chi connectivity index (χ0n) is 14.1. The minimum Gasteiger partial charge on any atom is -0.376 e. The van der Waals surface area contributed by atoms with E-state index >= 15 is 0 Å². The molecule has 0 aliphatic carbocycles. The summed E-state index contributed by atoms with van der Waals surface area (Å²) in [5, 5.41) is 6.36. The Balaban J connectivity index is 2.48. The van der Waals surface area contributed by atoms with Crippen molar-refractivity contribution in [2.45, 2.75) is 45.6 Å². The lowest BCUT2D eigenvalue weighted by molar-refractivity contribution is -0.135. The molecule has 1 heterocycles. The van der Waals surface area contributed by atoms with Gasteiger partial charge in [-0.25, -0.2) is 9.59 Å². The maximum absolute atomic E-state index is 12.2. The average molecular weight is 331 g/mol. The van der Waals surface area contributed by atoms with Gasteiger partial charge >= 0.3 is 12.1 Å². The van der Waals surface area contributed by atoms with Crippen molar-refractivity contribution in [1.82, 2.24) is 15.7 Å². The standard InChI is InChI=1S/C15H29N3O5/c1-3-5-7-16-14(19)18(11-13-12-21-9-10-22-13)23-15(20)17-8-6-4-2/h13H,3-12H2,1-2H3,(H,16,19)(H,17,20). The molecular weight excluding hydrogens is 302 g/mol. The monoisotopic (exact) mass is 331 g/mol. The molecule has 0 aromatic carbocycles. The minimum atomic E-state index is -0.638. The molecule has 8 nitrogen and oxygen atoms in total. The molecule has 1 atom stereocenters. The SMILES string of the molecule is CCCCNC(=O)ON(CC1COCCO1)C(=O)NCCCC. The van der Waals surface area contributed by atoms with E-state index in [-0.39, 0.29) is 12.6 Å². The Labute approximate surface area is 137 Å². The third-order valence-electron chi connectivity index (χ3n) is 3.28. The van der Waals surface area contributed by atoms with Crippen molar-refractivity contribution in [2.75, 3.05) is 39.5 Å². The lowest BCUT2D eigenvalue weighted by Gasteiger charge is -2.28. The van der Waals surface area contributed by atoms with Gasteiger partial charge in [-0.15, -0.1) is 5.06 Å². The maximum atomic E-state index is 12.2. The van der Waals surface area contributed by atoms with Crippen molar-refractivity contribution in [3.05, 3.63) is 0 Å². The first-order chi connectivity index (χ1) is 11.2. The van der Waals surface area contributed by atoms with Crippen LogP contribution in [-0.4, -0.2) is 62.7 Å². The van der Waals surface area contributed by atoms with Crippen molar-refractivity contribution in [3.8, 4) is 0 Å². The highest BCUT2D eigenvalue weighted by molar-refractivity contribution is 5.76. The number of hydrogen-bond donors (Lipinski definition) is 2. The molecule has 0 aromatic rings. The van der Waals surface area contributed by atoms with Crippen LogP contribution in [0.1, 0.15) is 39.5 Å². The molecule has 23 heavy (non-hydrogen) atoms. The first kappa shape index (κ1) is 19.5. The van der Waals surface area contributed by atoms with Crippen LogP contribution in [0.5, 0.6) is 0 Å². The number of amides is 3. The Hall–Kier alpha value is -1.54. The smallest absolute Gasteiger partial charge is 0.376 e. The Morgan fingerprint density at radius 3 is 2.43 bits per heavy atom. The molecule has 8 heteroatoms. The fourth-order valence-corrected chi connectivity index (χ4v) is 1.95. The second kappa shape index (κ2) is 12.0. The predicted molar refractivity (Wildman–Crippen MR) is 85.0 cm³/mol. The van der Waals surface area contributed by atoms with Gasteiger partial charge in [0.2, 0.25) is 0 Å². The van der Waals surface area contributed by atoms with E-state index in [0.717, 1.165) is 30.7 Å². The molecule has 0 bridgehead atoms.